The van der Waals surface area contributed by atoms with Gasteiger partial charge in [0.05, 0.1) is 0 Å². The minimum atomic E-state index is -0.507. The minimum Gasteiger partial charge on any atom is -0.483 e. The van der Waals surface area contributed by atoms with Crippen LogP contribution in [0.25, 0.3) is 0 Å². The first-order chi connectivity index (χ1) is 15.5. The second-order valence-electron chi connectivity index (χ2n) is 8.37. The Morgan fingerprint density at radius 1 is 1.00 bits per heavy atom. The quantitative estimate of drug-likeness (QED) is 0.450. The van der Waals surface area contributed by atoms with Gasteiger partial charge in [-0.3, -0.25) is 9.59 Å². The molecule has 2 amide bonds. The summed E-state index contributed by atoms with van der Waals surface area (Å²) in [7, 11) is 0. The van der Waals surface area contributed by atoms with Gasteiger partial charge in [0.15, 0.2) is 6.61 Å². The van der Waals surface area contributed by atoms with Crippen molar-refractivity contribution in [2.24, 2.45) is 0 Å². The Morgan fingerprint density at radius 2 is 1.69 bits per heavy atom. The fraction of sp³-hybridized carbons (Fsp3) is 0.481. The highest BCUT2D eigenvalue weighted by Gasteiger charge is 2.28. The molecule has 2 aromatic carbocycles. The van der Waals surface area contributed by atoms with E-state index in [1.165, 1.54) is 0 Å². The molecule has 0 aliphatic rings. The molecule has 0 spiro atoms. The molecule has 174 valence electrons. The zero-order valence-electron chi connectivity index (χ0n) is 20.0. The average Bonchev–Trinajstić information content (AvgIpc) is 2.81. The van der Waals surface area contributed by atoms with Crippen LogP contribution in [0.1, 0.15) is 64.0 Å². The average molecular weight is 439 g/mol. The third-order valence-electron chi connectivity index (χ3n) is 5.59. The summed E-state index contributed by atoms with van der Waals surface area (Å²) in [6, 6.07) is 17.3. The van der Waals surface area contributed by atoms with Gasteiger partial charge in [-0.05, 0) is 42.4 Å². The molecule has 0 radical (unpaired) electrons. The van der Waals surface area contributed by atoms with E-state index in [9.17, 15) is 9.59 Å². The lowest BCUT2D eigenvalue weighted by Crippen LogP contribution is -2.51. The predicted octanol–water partition coefficient (Wildman–Crippen LogP) is 4.96. The van der Waals surface area contributed by atoms with Gasteiger partial charge in [-0.2, -0.15) is 0 Å². The first kappa shape index (κ1) is 25.4. The molecular formula is C27H38N2O3. The van der Waals surface area contributed by atoms with Gasteiger partial charge in [0.1, 0.15) is 11.8 Å². The van der Waals surface area contributed by atoms with E-state index >= 15 is 0 Å². The van der Waals surface area contributed by atoms with Gasteiger partial charge in [0.2, 0.25) is 5.91 Å². The molecule has 1 N–H and O–H groups in total. The summed E-state index contributed by atoms with van der Waals surface area (Å²) in [4.78, 5) is 27.8. The molecule has 0 heterocycles. The monoisotopic (exact) mass is 438 g/mol. The van der Waals surface area contributed by atoms with Gasteiger partial charge in [-0.25, -0.2) is 0 Å². The Morgan fingerprint density at radius 3 is 2.34 bits per heavy atom. The van der Waals surface area contributed by atoms with Crippen LogP contribution in [0.15, 0.2) is 54.6 Å². The van der Waals surface area contributed by atoms with Crippen LogP contribution in [0.4, 0.5) is 0 Å². The minimum absolute atomic E-state index is 0.0860. The normalized spacial score (nSPS) is 11.8. The molecule has 1 atom stereocenters. The van der Waals surface area contributed by atoms with Gasteiger partial charge in [-0.1, -0.05) is 82.6 Å². The molecular weight excluding hydrogens is 400 g/mol. The number of para-hydroxylation sites is 1. The third-order valence-corrected chi connectivity index (χ3v) is 5.59. The highest BCUT2D eigenvalue weighted by Crippen LogP contribution is 2.26. The molecule has 0 saturated heterocycles. The van der Waals surface area contributed by atoms with E-state index in [0.717, 1.165) is 29.7 Å². The number of ether oxygens (including phenoxy) is 1. The lowest BCUT2D eigenvalue weighted by molar-refractivity contribution is -0.142. The van der Waals surface area contributed by atoms with Crippen LogP contribution < -0.4 is 10.1 Å². The van der Waals surface area contributed by atoms with Gasteiger partial charge in [0.25, 0.3) is 5.91 Å². The number of amides is 2. The Hall–Kier alpha value is -2.82. The van der Waals surface area contributed by atoms with Crippen LogP contribution in [0.2, 0.25) is 0 Å². The predicted molar refractivity (Wildman–Crippen MR) is 130 cm³/mol. The molecule has 32 heavy (non-hydrogen) atoms. The Labute approximate surface area is 193 Å². The highest BCUT2D eigenvalue weighted by molar-refractivity contribution is 5.88. The van der Waals surface area contributed by atoms with Gasteiger partial charge < -0.3 is 15.0 Å². The molecule has 0 aliphatic heterocycles. The van der Waals surface area contributed by atoms with Gasteiger partial charge in [0, 0.05) is 13.1 Å². The van der Waals surface area contributed by atoms with Crippen molar-refractivity contribution >= 4 is 11.8 Å². The number of unbranched alkanes of at least 4 members (excludes halogenated alkanes) is 1. The zero-order chi connectivity index (χ0) is 23.3. The number of hydrogen-bond acceptors (Lipinski definition) is 3. The van der Waals surface area contributed by atoms with E-state index < -0.39 is 6.04 Å². The second kappa shape index (κ2) is 13.6. The SMILES string of the molecule is CCCCNC(=O)[C@H](CC)N(CCc1ccccc1)C(=O)COc1ccccc1C(C)C. The number of benzene rings is 2. The van der Waals surface area contributed by atoms with E-state index in [4.69, 9.17) is 4.74 Å². The van der Waals surface area contributed by atoms with Crippen LogP contribution >= 0.6 is 0 Å². The molecule has 0 fully saturated rings. The van der Waals surface area contributed by atoms with Crippen molar-refractivity contribution in [3.05, 3.63) is 65.7 Å². The second-order valence-corrected chi connectivity index (χ2v) is 8.37. The Kier molecular flexibility index (Phi) is 10.8. The van der Waals surface area contributed by atoms with Crippen LogP contribution in [0.3, 0.4) is 0 Å². The smallest absolute Gasteiger partial charge is 0.261 e. The van der Waals surface area contributed by atoms with Gasteiger partial charge >= 0.3 is 0 Å². The van der Waals surface area contributed by atoms with Crippen molar-refractivity contribution in [1.82, 2.24) is 10.2 Å². The Bertz CT molecular complexity index is 836. The van der Waals surface area contributed by atoms with Crippen LogP contribution in [-0.4, -0.2) is 42.5 Å². The van der Waals surface area contributed by atoms with Crippen molar-refractivity contribution in [3.63, 3.8) is 0 Å². The molecule has 0 saturated carbocycles. The number of nitrogens with one attached hydrogen (secondary N) is 1. The molecule has 2 aromatic rings. The molecule has 0 aliphatic carbocycles. The molecule has 0 unspecified atom stereocenters. The summed E-state index contributed by atoms with van der Waals surface area (Å²) in [6.07, 6.45) is 3.18. The van der Waals surface area contributed by atoms with Crippen molar-refractivity contribution < 1.29 is 14.3 Å². The lowest BCUT2D eigenvalue weighted by Gasteiger charge is -2.30. The fourth-order valence-electron chi connectivity index (χ4n) is 3.71. The van der Waals surface area contributed by atoms with Crippen LogP contribution in [-0.2, 0) is 16.0 Å². The van der Waals surface area contributed by atoms with Crippen molar-refractivity contribution in [1.29, 1.82) is 0 Å². The zero-order valence-corrected chi connectivity index (χ0v) is 20.0. The maximum Gasteiger partial charge on any atom is 0.261 e. The highest BCUT2D eigenvalue weighted by atomic mass is 16.5. The third kappa shape index (κ3) is 7.70. The molecule has 5 nitrogen and oxygen atoms in total. The Balaban J connectivity index is 2.14. The number of carbonyl (C=O) groups is 2. The number of hydrogen-bond donors (Lipinski definition) is 1. The van der Waals surface area contributed by atoms with Crippen LogP contribution in [0.5, 0.6) is 5.75 Å². The molecule has 2 rings (SSSR count). The van der Waals surface area contributed by atoms with Crippen molar-refractivity contribution in [2.45, 2.75) is 65.3 Å². The standard InChI is InChI=1S/C27H38N2O3/c1-5-7-18-28-27(31)24(6-2)29(19-17-22-13-9-8-10-14-22)26(30)20-32-25-16-12-11-15-23(25)21(3)4/h8-16,21,24H,5-7,17-20H2,1-4H3,(H,28,31)/t24-/m0/s1. The molecule has 0 bridgehead atoms. The van der Waals surface area contributed by atoms with E-state index in [1.807, 2.05) is 61.5 Å². The summed E-state index contributed by atoms with van der Waals surface area (Å²) in [5, 5.41) is 2.99. The fourth-order valence-corrected chi connectivity index (χ4v) is 3.71. The number of rotatable bonds is 13. The maximum absolute atomic E-state index is 13.3. The van der Waals surface area contributed by atoms with E-state index in [2.05, 4.69) is 26.1 Å². The van der Waals surface area contributed by atoms with Crippen molar-refractivity contribution in [3.8, 4) is 5.75 Å². The van der Waals surface area contributed by atoms with Crippen molar-refractivity contribution in [2.75, 3.05) is 19.7 Å². The molecule has 5 heteroatoms. The van der Waals surface area contributed by atoms with E-state index in [0.29, 0.717) is 31.8 Å². The summed E-state index contributed by atoms with van der Waals surface area (Å²) in [5.74, 6) is 0.754. The van der Waals surface area contributed by atoms with Gasteiger partial charge in [-0.15, -0.1) is 0 Å². The lowest BCUT2D eigenvalue weighted by atomic mass is 10.0. The largest absolute Gasteiger partial charge is 0.483 e. The summed E-state index contributed by atoms with van der Waals surface area (Å²) in [5.41, 5.74) is 2.21. The topological polar surface area (TPSA) is 58.6 Å². The van der Waals surface area contributed by atoms with E-state index in [1.54, 1.807) is 4.90 Å². The summed E-state index contributed by atoms with van der Waals surface area (Å²) < 4.78 is 5.94. The summed E-state index contributed by atoms with van der Waals surface area (Å²) in [6.45, 7) is 9.25. The first-order valence-corrected chi connectivity index (χ1v) is 11.8. The molecule has 0 aromatic heterocycles. The number of nitrogens with zero attached hydrogens (tertiary/aromatic N) is 1. The number of carbonyl (C=O) groups excluding carboxylic acids is 2. The van der Waals surface area contributed by atoms with Crippen LogP contribution in [0, 0.1) is 0 Å². The first-order valence-electron chi connectivity index (χ1n) is 11.8. The maximum atomic E-state index is 13.3. The summed E-state index contributed by atoms with van der Waals surface area (Å²) >= 11 is 0. The van der Waals surface area contributed by atoms with E-state index in [-0.39, 0.29) is 18.4 Å².